The van der Waals surface area contributed by atoms with Crippen molar-refractivity contribution >= 4 is 5.78 Å². The molecule has 1 rings (SSSR count). The summed E-state index contributed by atoms with van der Waals surface area (Å²) in [7, 11) is 0. The Balaban J connectivity index is 2.56. The third kappa shape index (κ3) is 2.51. The summed E-state index contributed by atoms with van der Waals surface area (Å²) in [5, 5.41) is 0. The van der Waals surface area contributed by atoms with Gasteiger partial charge in [0.15, 0.2) is 0 Å². The van der Waals surface area contributed by atoms with Crippen molar-refractivity contribution in [2.75, 3.05) is 26.4 Å². The predicted molar refractivity (Wildman–Crippen MR) is 49.7 cm³/mol. The number of ketones is 1. The SMILES string of the molecule is CCOCC1(C(C)=O)CCOCC1. The molecule has 76 valence electrons. The molecule has 1 fully saturated rings. The fourth-order valence-electron chi connectivity index (χ4n) is 1.66. The van der Waals surface area contributed by atoms with E-state index in [0.717, 1.165) is 12.8 Å². The highest BCUT2D eigenvalue weighted by Gasteiger charge is 2.37. The molecular formula is C10H18O3. The third-order valence-corrected chi connectivity index (χ3v) is 2.78. The summed E-state index contributed by atoms with van der Waals surface area (Å²) in [6.07, 6.45) is 1.62. The van der Waals surface area contributed by atoms with E-state index in [0.29, 0.717) is 26.4 Å². The van der Waals surface area contributed by atoms with Crippen LogP contribution in [0, 0.1) is 5.41 Å². The lowest BCUT2D eigenvalue weighted by molar-refractivity contribution is -0.137. The molecule has 0 radical (unpaired) electrons. The van der Waals surface area contributed by atoms with Gasteiger partial charge >= 0.3 is 0 Å². The molecule has 1 heterocycles. The summed E-state index contributed by atoms with van der Waals surface area (Å²) < 4.78 is 10.6. The molecule has 1 aliphatic heterocycles. The van der Waals surface area contributed by atoms with Crippen LogP contribution in [0.1, 0.15) is 26.7 Å². The lowest BCUT2D eigenvalue weighted by Gasteiger charge is -2.34. The quantitative estimate of drug-likeness (QED) is 0.666. The third-order valence-electron chi connectivity index (χ3n) is 2.78. The van der Waals surface area contributed by atoms with E-state index in [1.54, 1.807) is 6.92 Å². The van der Waals surface area contributed by atoms with Gasteiger partial charge in [-0.05, 0) is 26.7 Å². The molecule has 13 heavy (non-hydrogen) atoms. The minimum Gasteiger partial charge on any atom is -0.381 e. The van der Waals surface area contributed by atoms with E-state index in [1.807, 2.05) is 6.92 Å². The smallest absolute Gasteiger partial charge is 0.138 e. The Labute approximate surface area is 79.4 Å². The van der Waals surface area contributed by atoms with Gasteiger partial charge in [-0.2, -0.15) is 0 Å². The Bertz CT molecular complexity index is 171. The fraction of sp³-hybridized carbons (Fsp3) is 0.900. The Hall–Kier alpha value is -0.410. The van der Waals surface area contributed by atoms with E-state index in [4.69, 9.17) is 9.47 Å². The van der Waals surface area contributed by atoms with Crippen molar-refractivity contribution < 1.29 is 14.3 Å². The molecule has 1 saturated heterocycles. The molecule has 0 aromatic heterocycles. The highest BCUT2D eigenvalue weighted by molar-refractivity contribution is 5.82. The van der Waals surface area contributed by atoms with Gasteiger partial charge in [0.2, 0.25) is 0 Å². The van der Waals surface area contributed by atoms with E-state index in [1.165, 1.54) is 0 Å². The highest BCUT2D eigenvalue weighted by Crippen LogP contribution is 2.31. The molecule has 0 aliphatic carbocycles. The summed E-state index contributed by atoms with van der Waals surface area (Å²) >= 11 is 0. The lowest BCUT2D eigenvalue weighted by Crippen LogP contribution is -2.40. The lowest BCUT2D eigenvalue weighted by atomic mass is 9.78. The van der Waals surface area contributed by atoms with Crippen molar-refractivity contribution in [2.45, 2.75) is 26.7 Å². The van der Waals surface area contributed by atoms with Crippen LogP contribution in [0.4, 0.5) is 0 Å². The molecule has 0 saturated carbocycles. The van der Waals surface area contributed by atoms with Crippen molar-refractivity contribution in [1.29, 1.82) is 0 Å². The van der Waals surface area contributed by atoms with Gasteiger partial charge in [-0.25, -0.2) is 0 Å². The van der Waals surface area contributed by atoms with Gasteiger partial charge < -0.3 is 9.47 Å². The zero-order valence-corrected chi connectivity index (χ0v) is 8.47. The van der Waals surface area contributed by atoms with E-state index in [2.05, 4.69) is 0 Å². The summed E-state index contributed by atoms with van der Waals surface area (Å²) in [5.41, 5.74) is -0.256. The van der Waals surface area contributed by atoms with Crippen LogP contribution < -0.4 is 0 Å². The Morgan fingerprint density at radius 1 is 1.46 bits per heavy atom. The highest BCUT2D eigenvalue weighted by atomic mass is 16.5. The van der Waals surface area contributed by atoms with Gasteiger partial charge in [-0.15, -0.1) is 0 Å². The van der Waals surface area contributed by atoms with Crippen LogP contribution in [0.25, 0.3) is 0 Å². The molecule has 3 nitrogen and oxygen atoms in total. The largest absolute Gasteiger partial charge is 0.381 e. The minimum absolute atomic E-state index is 0.240. The molecule has 1 aliphatic rings. The van der Waals surface area contributed by atoms with Gasteiger partial charge in [-0.1, -0.05) is 0 Å². The zero-order valence-electron chi connectivity index (χ0n) is 8.47. The fourth-order valence-corrected chi connectivity index (χ4v) is 1.66. The Morgan fingerprint density at radius 3 is 2.54 bits per heavy atom. The number of carbonyl (C=O) groups is 1. The maximum atomic E-state index is 11.5. The van der Waals surface area contributed by atoms with Gasteiger partial charge in [0, 0.05) is 19.8 Å². The molecular weight excluding hydrogens is 168 g/mol. The van der Waals surface area contributed by atoms with E-state index >= 15 is 0 Å². The maximum Gasteiger partial charge on any atom is 0.138 e. The van der Waals surface area contributed by atoms with Crippen molar-refractivity contribution in [3.63, 3.8) is 0 Å². The molecule has 0 aromatic carbocycles. The zero-order chi connectivity index (χ0) is 9.73. The summed E-state index contributed by atoms with van der Waals surface area (Å²) in [5.74, 6) is 0.240. The van der Waals surface area contributed by atoms with Crippen LogP contribution in [0.15, 0.2) is 0 Å². The second-order valence-electron chi connectivity index (χ2n) is 3.59. The molecule has 0 unspecified atom stereocenters. The summed E-state index contributed by atoms with van der Waals surface area (Å²) in [6, 6.07) is 0. The van der Waals surface area contributed by atoms with Crippen LogP contribution in [-0.2, 0) is 14.3 Å². The normalized spacial score (nSPS) is 21.4. The van der Waals surface area contributed by atoms with Gasteiger partial charge in [-0.3, -0.25) is 4.79 Å². The predicted octanol–water partition coefficient (Wildman–Crippen LogP) is 1.41. The number of carbonyl (C=O) groups excluding carboxylic acids is 1. The number of hydrogen-bond acceptors (Lipinski definition) is 3. The molecule has 0 atom stereocenters. The van der Waals surface area contributed by atoms with Crippen LogP contribution in [0.5, 0.6) is 0 Å². The van der Waals surface area contributed by atoms with E-state index in [9.17, 15) is 4.79 Å². The Kier molecular flexibility index (Phi) is 3.88. The van der Waals surface area contributed by atoms with E-state index in [-0.39, 0.29) is 11.2 Å². The van der Waals surface area contributed by atoms with Crippen molar-refractivity contribution in [3.05, 3.63) is 0 Å². The van der Waals surface area contributed by atoms with Crippen molar-refractivity contribution in [3.8, 4) is 0 Å². The molecule has 0 N–H and O–H groups in total. The second-order valence-corrected chi connectivity index (χ2v) is 3.59. The summed E-state index contributed by atoms with van der Waals surface area (Å²) in [6.45, 7) is 6.22. The van der Waals surface area contributed by atoms with E-state index < -0.39 is 0 Å². The molecule has 0 amide bonds. The number of ether oxygens (including phenoxy) is 2. The number of hydrogen-bond donors (Lipinski definition) is 0. The first kappa shape index (κ1) is 10.7. The van der Waals surface area contributed by atoms with Crippen molar-refractivity contribution in [2.24, 2.45) is 5.41 Å². The van der Waals surface area contributed by atoms with Crippen LogP contribution in [0.3, 0.4) is 0 Å². The minimum atomic E-state index is -0.256. The monoisotopic (exact) mass is 186 g/mol. The number of rotatable bonds is 4. The average molecular weight is 186 g/mol. The van der Waals surface area contributed by atoms with Gasteiger partial charge in [0.1, 0.15) is 5.78 Å². The molecule has 0 aromatic rings. The molecule has 0 bridgehead atoms. The van der Waals surface area contributed by atoms with Gasteiger partial charge in [0.05, 0.1) is 12.0 Å². The summed E-state index contributed by atoms with van der Waals surface area (Å²) in [4.78, 5) is 11.5. The maximum absolute atomic E-state index is 11.5. The Morgan fingerprint density at radius 2 is 2.08 bits per heavy atom. The first-order valence-corrected chi connectivity index (χ1v) is 4.88. The first-order chi connectivity index (χ1) is 6.21. The van der Waals surface area contributed by atoms with Crippen LogP contribution >= 0.6 is 0 Å². The average Bonchev–Trinajstić information content (AvgIpc) is 2.16. The first-order valence-electron chi connectivity index (χ1n) is 4.88. The second kappa shape index (κ2) is 4.72. The topological polar surface area (TPSA) is 35.5 Å². The number of Topliss-reactive ketones (excluding diaryl/α,β-unsaturated/α-hetero) is 1. The van der Waals surface area contributed by atoms with Crippen LogP contribution in [0.2, 0.25) is 0 Å². The van der Waals surface area contributed by atoms with Crippen molar-refractivity contribution in [1.82, 2.24) is 0 Å². The molecule has 3 heteroatoms. The van der Waals surface area contributed by atoms with Crippen LogP contribution in [-0.4, -0.2) is 32.2 Å². The standard InChI is InChI=1S/C10H18O3/c1-3-12-8-10(9(2)11)4-6-13-7-5-10/h3-8H2,1-2H3. The molecule has 0 spiro atoms. The van der Waals surface area contributed by atoms with Gasteiger partial charge in [0.25, 0.3) is 0 Å².